The Labute approximate surface area is 317 Å². The monoisotopic (exact) mass is 708 g/mol. The van der Waals surface area contributed by atoms with Gasteiger partial charge in [-0.15, -0.1) is 0 Å². The fraction of sp³-hybridized carbons (Fsp3) is 0.0204. The van der Waals surface area contributed by atoms with Gasteiger partial charge in [-0.2, -0.15) is 0 Å². The van der Waals surface area contributed by atoms with Crippen LogP contribution in [0.25, 0.3) is 49.4 Å². The second-order valence-electron chi connectivity index (χ2n) is 13.9. The van der Waals surface area contributed by atoms with Gasteiger partial charge in [0.05, 0.1) is 5.52 Å². The van der Waals surface area contributed by atoms with Crippen molar-refractivity contribution in [3.63, 3.8) is 0 Å². The molecular weight excluding hydrogens is 677 g/mol. The lowest BCUT2D eigenvalue weighted by Gasteiger charge is -2.23. The molecule has 2 aliphatic heterocycles. The molecule has 1 atom stereocenters. The fourth-order valence-electron chi connectivity index (χ4n) is 7.78. The van der Waals surface area contributed by atoms with Crippen molar-refractivity contribution in [3.8, 4) is 39.8 Å². The minimum atomic E-state index is -0.242. The highest BCUT2D eigenvalue weighted by molar-refractivity contribution is 6.14. The predicted molar refractivity (Wildman–Crippen MR) is 222 cm³/mol. The molecule has 0 aliphatic carbocycles. The maximum Gasteiger partial charge on any atom is 0.194 e. The molecule has 0 radical (unpaired) electrons. The number of rotatable bonds is 5. The lowest BCUT2D eigenvalue weighted by Crippen LogP contribution is -2.33. The highest BCUT2D eigenvalue weighted by Gasteiger charge is 2.26. The molecule has 0 saturated carbocycles. The summed E-state index contributed by atoms with van der Waals surface area (Å²) in [5, 5.41) is 8.01. The van der Waals surface area contributed by atoms with E-state index in [-0.39, 0.29) is 6.17 Å². The molecule has 55 heavy (non-hydrogen) atoms. The quantitative estimate of drug-likeness (QED) is 0.194. The standard InChI is InChI=1S/C49H32N4O2/c1-3-11-33(12-4-1)47-50-48(34-13-5-2-6-14-34)52-49(51-47)35-21-19-31(20-22-35)32-23-25-38(26-24-32)53-41-18-10-9-17-39(41)40-27-28-42-46(45(40)53)55-44-30-37-16-8-7-15-36(37)29-43(44)54-42/h1-30,47H,(H,50,51,52). The predicted octanol–water partition coefficient (Wildman–Crippen LogP) is 12.0. The average Bonchev–Trinajstić information content (AvgIpc) is 3.60. The van der Waals surface area contributed by atoms with Crippen LogP contribution in [0.4, 0.5) is 0 Å². The molecule has 0 saturated heterocycles. The van der Waals surface area contributed by atoms with Crippen molar-refractivity contribution in [2.75, 3.05) is 0 Å². The molecule has 6 heteroatoms. The summed E-state index contributed by atoms with van der Waals surface area (Å²) in [6, 6.07) is 62.8. The van der Waals surface area contributed by atoms with E-state index in [1.54, 1.807) is 0 Å². The molecule has 0 fully saturated rings. The van der Waals surface area contributed by atoms with E-state index in [2.05, 4.69) is 137 Å². The summed E-state index contributed by atoms with van der Waals surface area (Å²) in [6.45, 7) is 0. The molecule has 1 N–H and O–H groups in total. The van der Waals surface area contributed by atoms with E-state index < -0.39 is 0 Å². The number of amidine groups is 2. The lowest BCUT2D eigenvalue weighted by atomic mass is 10.0. The van der Waals surface area contributed by atoms with Crippen molar-refractivity contribution in [3.05, 3.63) is 199 Å². The first-order valence-electron chi connectivity index (χ1n) is 18.4. The number of nitrogens with one attached hydrogen (secondary N) is 1. The Morgan fingerprint density at radius 1 is 0.491 bits per heavy atom. The summed E-state index contributed by atoms with van der Waals surface area (Å²) in [5.41, 5.74) is 8.40. The molecular formula is C49H32N4O2. The highest BCUT2D eigenvalue weighted by atomic mass is 16.6. The second kappa shape index (κ2) is 12.6. The minimum absolute atomic E-state index is 0.242. The van der Waals surface area contributed by atoms with Gasteiger partial charge in [0.2, 0.25) is 0 Å². The molecule has 0 amide bonds. The first-order chi connectivity index (χ1) is 27.2. The van der Waals surface area contributed by atoms with Gasteiger partial charge in [-0.25, -0.2) is 9.98 Å². The van der Waals surface area contributed by atoms with E-state index in [9.17, 15) is 0 Å². The summed E-state index contributed by atoms with van der Waals surface area (Å²) in [7, 11) is 0. The van der Waals surface area contributed by atoms with Gasteiger partial charge in [0, 0.05) is 27.6 Å². The van der Waals surface area contributed by atoms with Gasteiger partial charge in [0.15, 0.2) is 28.8 Å². The Balaban J connectivity index is 0.949. The molecule has 0 spiro atoms. The van der Waals surface area contributed by atoms with Crippen LogP contribution in [-0.2, 0) is 0 Å². The number of benzene rings is 8. The molecule has 0 bridgehead atoms. The van der Waals surface area contributed by atoms with Gasteiger partial charge >= 0.3 is 0 Å². The molecule has 11 rings (SSSR count). The summed E-state index contributed by atoms with van der Waals surface area (Å²) >= 11 is 0. The van der Waals surface area contributed by atoms with Crippen LogP contribution in [0, 0.1) is 0 Å². The molecule has 2 aliphatic rings. The van der Waals surface area contributed by atoms with E-state index in [4.69, 9.17) is 19.5 Å². The van der Waals surface area contributed by atoms with Crippen molar-refractivity contribution >= 4 is 44.2 Å². The first kappa shape index (κ1) is 31.1. The van der Waals surface area contributed by atoms with Crippen LogP contribution in [0.15, 0.2) is 192 Å². The van der Waals surface area contributed by atoms with Crippen molar-refractivity contribution in [1.82, 2.24) is 9.88 Å². The van der Waals surface area contributed by atoms with Gasteiger partial charge < -0.3 is 19.4 Å². The van der Waals surface area contributed by atoms with Crippen molar-refractivity contribution in [2.24, 2.45) is 9.98 Å². The number of fused-ring (bicyclic) bond motifs is 7. The third kappa shape index (κ3) is 5.34. The Hall–Kier alpha value is -7.44. The summed E-state index contributed by atoms with van der Waals surface area (Å²) in [6.07, 6.45) is -0.242. The number of ether oxygens (including phenoxy) is 2. The molecule has 3 heterocycles. The number of hydrogen-bond donors (Lipinski definition) is 1. The third-order valence-electron chi connectivity index (χ3n) is 10.5. The molecule has 6 nitrogen and oxygen atoms in total. The Kier molecular flexibility index (Phi) is 7.13. The normalized spacial score (nSPS) is 14.7. The number of aromatic nitrogens is 1. The molecule has 1 unspecified atom stereocenters. The zero-order valence-corrected chi connectivity index (χ0v) is 29.6. The second-order valence-corrected chi connectivity index (χ2v) is 13.9. The smallest absolute Gasteiger partial charge is 0.194 e. The Morgan fingerprint density at radius 3 is 1.85 bits per heavy atom. The van der Waals surface area contributed by atoms with Gasteiger partial charge in [-0.05, 0) is 69.9 Å². The maximum atomic E-state index is 6.74. The van der Waals surface area contributed by atoms with Crippen molar-refractivity contribution in [2.45, 2.75) is 6.17 Å². The average molecular weight is 709 g/mol. The molecule has 1 aromatic heterocycles. The zero-order valence-electron chi connectivity index (χ0n) is 29.6. The van der Waals surface area contributed by atoms with Gasteiger partial charge in [0.25, 0.3) is 0 Å². The SMILES string of the molecule is c1ccc(C2=NC(c3ccc(-c4ccc(-n5c6ccccc6c6ccc7c(c65)Oc5cc6ccccc6cc5O7)cc4)cc3)=NC(c3ccccc3)N2)cc1. The van der Waals surface area contributed by atoms with Crippen LogP contribution in [0.2, 0.25) is 0 Å². The minimum Gasteiger partial charge on any atom is -0.449 e. The largest absolute Gasteiger partial charge is 0.449 e. The van der Waals surface area contributed by atoms with Gasteiger partial charge in [-0.1, -0.05) is 140 Å². The van der Waals surface area contributed by atoms with E-state index >= 15 is 0 Å². The summed E-state index contributed by atoms with van der Waals surface area (Å²) in [4.78, 5) is 10.0. The van der Waals surface area contributed by atoms with Crippen LogP contribution >= 0.6 is 0 Å². The Morgan fingerprint density at radius 2 is 1.11 bits per heavy atom. The maximum absolute atomic E-state index is 6.74. The third-order valence-corrected chi connectivity index (χ3v) is 10.5. The van der Waals surface area contributed by atoms with E-state index in [1.165, 1.54) is 0 Å². The summed E-state index contributed by atoms with van der Waals surface area (Å²) in [5.74, 6) is 4.34. The summed E-state index contributed by atoms with van der Waals surface area (Å²) < 4.78 is 15.5. The van der Waals surface area contributed by atoms with Crippen LogP contribution in [0.3, 0.4) is 0 Å². The Bertz CT molecular complexity index is 2990. The van der Waals surface area contributed by atoms with Crippen LogP contribution < -0.4 is 14.8 Å². The molecule has 260 valence electrons. The first-order valence-corrected chi connectivity index (χ1v) is 18.4. The van der Waals surface area contributed by atoms with E-state index in [0.717, 1.165) is 77.7 Å². The number of aliphatic imine (C=N–C) groups is 2. The van der Waals surface area contributed by atoms with Crippen LogP contribution in [-0.4, -0.2) is 16.2 Å². The van der Waals surface area contributed by atoms with Gasteiger partial charge in [0.1, 0.15) is 17.5 Å². The van der Waals surface area contributed by atoms with Crippen molar-refractivity contribution < 1.29 is 9.47 Å². The highest BCUT2D eigenvalue weighted by Crippen LogP contribution is 2.51. The topological polar surface area (TPSA) is 60.1 Å². The van der Waals surface area contributed by atoms with E-state index in [0.29, 0.717) is 23.1 Å². The van der Waals surface area contributed by atoms with Crippen LogP contribution in [0.1, 0.15) is 22.9 Å². The molecule has 9 aromatic rings. The number of para-hydroxylation sites is 1. The zero-order chi connectivity index (χ0) is 36.3. The number of hydrogen-bond acceptors (Lipinski definition) is 5. The van der Waals surface area contributed by atoms with Crippen LogP contribution in [0.5, 0.6) is 23.0 Å². The fourth-order valence-corrected chi connectivity index (χ4v) is 7.78. The molecule has 8 aromatic carbocycles. The lowest BCUT2D eigenvalue weighted by molar-refractivity contribution is 0.363. The number of nitrogens with zero attached hydrogens (tertiary/aromatic N) is 3. The van der Waals surface area contributed by atoms with E-state index in [1.807, 2.05) is 54.6 Å². The van der Waals surface area contributed by atoms with Crippen molar-refractivity contribution in [1.29, 1.82) is 0 Å². The van der Waals surface area contributed by atoms with Gasteiger partial charge in [-0.3, -0.25) is 0 Å².